The monoisotopic (exact) mass is 247 g/mol. The van der Waals surface area contributed by atoms with E-state index >= 15 is 0 Å². The van der Waals surface area contributed by atoms with Crippen LogP contribution in [0.4, 0.5) is 5.82 Å². The molecule has 4 heteroatoms. The summed E-state index contributed by atoms with van der Waals surface area (Å²) in [6.07, 6.45) is 5.44. The lowest BCUT2D eigenvalue weighted by molar-refractivity contribution is 0.0857. The Kier molecular flexibility index (Phi) is 3.66. The standard InChI is InChI=1S/C14H21N3O/c1-3-6-14(7-4-8-17-14)12(18)11-10(2)5-9-16-13(11)15/h5,9,17H,3-4,6-8H2,1-2H3,(H2,15,16). The molecule has 2 heterocycles. The van der Waals surface area contributed by atoms with Crippen molar-refractivity contribution >= 4 is 11.6 Å². The first-order valence-corrected chi connectivity index (χ1v) is 6.61. The number of hydrogen-bond donors (Lipinski definition) is 2. The van der Waals surface area contributed by atoms with Crippen LogP contribution in [0.2, 0.25) is 0 Å². The highest BCUT2D eigenvalue weighted by atomic mass is 16.1. The summed E-state index contributed by atoms with van der Waals surface area (Å²) < 4.78 is 0. The van der Waals surface area contributed by atoms with Crippen LogP contribution in [-0.4, -0.2) is 22.9 Å². The minimum absolute atomic E-state index is 0.116. The molecule has 1 fully saturated rings. The number of nitrogens with zero attached hydrogens (tertiary/aromatic N) is 1. The summed E-state index contributed by atoms with van der Waals surface area (Å²) in [6, 6.07) is 1.85. The number of aromatic nitrogens is 1. The topological polar surface area (TPSA) is 68.0 Å². The van der Waals surface area contributed by atoms with Gasteiger partial charge in [0.1, 0.15) is 5.82 Å². The molecule has 0 bridgehead atoms. The Balaban J connectivity index is 2.40. The molecule has 1 atom stereocenters. The zero-order valence-corrected chi connectivity index (χ0v) is 11.1. The molecule has 0 radical (unpaired) electrons. The van der Waals surface area contributed by atoms with Crippen molar-refractivity contribution in [3.05, 3.63) is 23.4 Å². The fraction of sp³-hybridized carbons (Fsp3) is 0.571. The second-order valence-corrected chi connectivity index (χ2v) is 5.08. The van der Waals surface area contributed by atoms with Gasteiger partial charge in [0.2, 0.25) is 0 Å². The van der Waals surface area contributed by atoms with Crippen LogP contribution in [-0.2, 0) is 0 Å². The van der Waals surface area contributed by atoms with E-state index in [1.165, 1.54) is 0 Å². The second kappa shape index (κ2) is 5.06. The number of aryl methyl sites for hydroxylation is 1. The van der Waals surface area contributed by atoms with Crippen molar-refractivity contribution in [2.75, 3.05) is 12.3 Å². The third-order valence-corrected chi connectivity index (χ3v) is 3.77. The number of rotatable bonds is 4. The van der Waals surface area contributed by atoms with Crippen LogP contribution in [0.5, 0.6) is 0 Å². The fourth-order valence-corrected chi connectivity index (χ4v) is 2.87. The largest absolute Gasteiger partial charge is 0.383 e. The normalized spacial score (nSPS) is 23.2. The lowest BCUT2D eigenvalue weighted by atomic mass is 9.83. The molecule has 2 rings (SSSR count). The Hall–Kier alpha value is -1.42. The van der Waals surface area contributed by atoms with Gasteiger partial charge in [0.25, 0.3) is 0 Å². The molecule has 3 N–H and O–H groups in total. The van der Waals surface area contributed by atoms with E-state index in [0.717, 1.165) is 37.8 Å². The molecule has 1 aromatic heterocycles. The van der Waals surface area contributed by atoms with Gasteiger partial charge < -0.3 is 11.1 Å². The van der Waals surface area contributed by atoms with Gasteiger partial charge in [-0.05, 0) is 44.4 Å². The number of pyridine rings is 1. The van der Waals surface area contributed by atoms with E-state index in [1.54, 1.807) is 6.20 Å². The van der Waals surface area contributed by atoms with Gasteiger partial charge in [0.15, 0.2) is 5.78 Å². The lowest BCUT2D eigenvalue weighted by Gasteiger charge is -2.28. The smallest absolute Gasteiger partial charge is 0.186 e. The first kappa shape index (κ1) is 13.0. The van der Waals surface area contributed by atoms with E-state index in [0.29, 0.717) is 11.4 Å². The summed E-state index contributed by atoms with van der Waals surface area (Å²) >= 11 is 0. The summed E-state index contributed by atoms with van der Waals surface area (Å²) in [5.74, 6) is 0.467. The Morgan fingerprint density at radius 1 is 1.61 bits per heavy atom. The van der Waals surface area contributed by atoms with Crippen molar-refractivity contribution in [1.82, 2.24) is 10.3 Å². The van der Waals surface area contributed by atoms with Crippen LogP contribution in [0.3, 0.4) is 0 Å². The van der Waals surface area contributed by atoms with Gasteiger partial charge in [0.05, 0.1) is 11.1 Å². The summed E-state index contributed by atoms with van der Waals surface area (Å²) in [7, 11) is 0. The van der Waals surface area contributed by atoms with Crippen LogP contribution in [0.15, 0.2) is 12.3 Å². The maximum atomic E-state index is 12.8. The first-order valence-electron chi connectivity index (χ1n) is 6.61. The molecule has 4 nitrogen and oxygen atoms in total. The molecule has 18 heavy (non-hydrogen) atoms. The molecule has 0 spiro atoms. The van der Waals surface area contributed by atoms with Gasteiger partial charge in [-0.15, -0.1) is 0 Å². The number of Topliss-reactive ketones (excluding diaryl/α,β-unsaturated/α-hetero) is 1. The molecule has 0 amide bonds. The van der Waals surface area contributed by atoms with Gasteiger partial charge in [0, 0.05) is 6.20 Å². The van der Waals surface area contributed by atoms with Crippen LogP contribution in [0.25, 0.3) is 0 Å². The Morgan fingerprint density at radius 3 is 2.94 bits per heavy atom. The van der Waals surface area contributed by atoms with Crippen LogP contribution >= 0.6 is 0 Å². The highest BCUT2D eigenvalue weighted by Gasteiger charge is 2.41. The zero-order chi connectivity index (χ0) is 13.2. The summed E-state index contributed by atoms with van der Waals surface area (Å²) in [6.45, 7) is 4.93. The number of ketones is 1. The Morgan fingerprint density at radius 2 is 2.39 bits per heavy atom. The van der Waals surface area contributed by atoms with Crippen molar-refractivity contribution in [1.29, 1.82) is 0 Å². The van der Waals surface area contributed by atoms with Crippen molar-refractivity contribution in [2.24, 2.45) is 0 Å². The maximum Gasteiger partial charge on any atom is 0.186 e. The number of carbonyl (C=O) groups excluding carboxylic acids is 1. The van der Waals surface area contributed by atoms with Crippen LogP contribution in [0.1, 0.15) is 48.5 Å². The molecular weight excluding hydrogens is 226 g/mol. The van der Waals surface area contributed by atoms with Gasteiger partial charge in [-0.1, -0.05) is 13.3 Å². The highest BCUT2D eigenvalue weighted by Crippen LogP contribution is 2.31. The lowest BCUT2D eigenvalue weighted by Crippen LogP contribution is -2.48. The summed E-state index contributed by atoms with van der Waals surface area (Å²) in [5.41, 5.74) is 6.98. The average Bonchev–Trinajstić information content (AvgIpc) is 2.79. The van der Waals surface area contributed by atoms with Gasteiger partial charge >= 0.3 is 0 Å². The molecule has 1 saturated heterocycles. The predicted molar refractivity (Wildman–Crippen MR) is 72.6 cm³/mol. The third-order valence-electron chi connectivity index (χ3n) is 3.77. The molecule has 1 unspecified atom stereocenters. The quantitative estimate of drug-likeness (QED) is 0.799. The minimum Gasteiger partial charge on any atom is -0.383 e. The van der Waals surface area contributed by atoms with E-state index in [2.05, 4.69) is 17.2 Å². The van der Waals surface area contributed by atoms with E-state index in [1.807, 2.05) is 13.0 Å². The number of nitrogen functional groups attached to an aromatic ring is 1. The average molecular weight is 247 g/mol. The van der Waals surface area contributed by atoms with E-state index in [-0.39, 0.29) is 5.78 Å². The predicted octanol–water partition coefficient (Wildman–Crippen LogP) is 2.08. The molecule has 98 valence electrons. The van der Waals surface area contributed by atoms with Crippen LogP contribution < -0.4 is 11.1 Å². The summed E-state index contributed by atoms with van der Waals surface area (Å²) in [4.78, 5) is 16.9. The van der Waals surface area contributed by atoms with Crippen molar-refractivity contribution < 1.29 is 4.79 Å². The fourth-order valence-electron chi connectivity index (χ4n) is 2.87. The zero-order valence-electron chi connectivity index (χ0n) is 11.1. The second-order valence-electron chi connectivity index (χ2n) is 5.08. The minimum atomic E-state index is -0.420. The van der Waals surface area contributed by atoms with Gasteiger partial charge in [-0.25, -0.2) is 4.98 Å². The molecule has 1 aliphatic heterocycles. The van der Waals surface area contributed by atoms with Gasteiger partial charge in [-0.3, -0.25) is 4.79 Å². The molecule has 0 saturated carbocycles. The first-order chi connectivity index (χ1) is 8.60. The maximum absolute atomic E-state index is 12.8. The van der Waals surface area contributed by atoms with Crippen LogP contribution in [0, 0.1) is 6.92 Å². The highest BCUT2D eigenvalue weighted by molar-refractivity contribution is 6.07. The number of nitrogens with two attached hydrogens (primary N) is 1. The van der Waals surface area contributed by atoms with Crippen molar-refractivity contribution in [3.63, 3.8) is 0 Å². The Bertz CT molecular complexity index is 430. The molecule has 1 aromatic rings. The summed E-state index contributed by atoms with van der Waals surface area (Å²) in [5, 5.41) is 3.39. The third kappa shape index (κ3) is 2.12. The van der Waals surface area contributed by atoms with Gasteiger partial charge in [-0.2, -0.15) is 0 Å². The number of hydrogen-bond acceptors (Lipinski definition) is 4. The van der Waals surface area contributed by atoms with Crippen molar-refractivity contribution in [2.45, 2.75) is 45.1 Å². The Labute approximate surface area is 108 Å². The van der Waals surface area contributed by atoms with E-state index in [9.17, 15) is 4.79 Å². The SMILES string of the molecule is CCCC1(C(=O)c2c(C)ccnc2N)CCCN1. The van der Waals surface area contributed by atoms with E-state index < -0.39 is 5.54 Å². The molecular formula is C14H21N3O. The molecule has 0 aliphatic carbocycles. The number of nitrogens with one attached hydrogen (secondary N) is 1. The molecule has 0 aromatic carbocycles. The molecule has 1 aliphatic rings. The number of anilines is 1. The van der Waals surface area contributed by atoms with Crippen molar-refractivity contribution in [3.8, 4) is 0 Å². The van der Waals surface area contributed by atoms with E-state index in [4.69, 9.17) is 5.73 Å². The number of carbonyl (C=O) groups is 1.